The molecule has 0 radical (unpaired) electrons. The van der Waals surface area contributed by atoms with E-state index in [0.717, 1.165) is 42.9 Å². The van der Waals surface area contributed by atoms with E-state index in [1.807, 2.05) is 0 Å². The van der Waals surface area contributed by atoms with Gasteiger partial charge in [0.25, 0.3) is 0 Å². The summed E-state index contributed by atoms with van der Waals surface area (Å²) < 4.78 is 1.12. The number of benzene rings is 1. The van der Waals surface area contributed by atoms with Crippen LogP contribution < -0.4 is 10.6 Å². The molecule has 0 spiro atoms. The number of rotatable bonds is 6. The van der Waals surface area contributed by atoms with Crippen LogP contribution in [0.2, 0.25) is 0 Å². The minimum atomic E-state index is 0.166. The van der Waals surface area contributed by atoms with Crippen LogP contribution in [0.1, 0.15) is 36.8 Å². The molecule has 2 N–H and O–H groups in total. The van der Waals surface area contributed by atoms with E-state index < -0.39 is 0 Å². The molecule has 1 atom stereocenters. The Morgan fingerprint density at radius 3 is 3.05 bits per heavy atom. The molecule has 0 aliphatic carbocycles. The zero-order chi connectivity index (χ0) is 15.1. The number of carbonyl (C=O) groups excluding carboxylic acids is 1. The van der Waals surface area contributed by atoms with E-state index in [-0.39, 0.29) is 5.91 Å². The highest BCUT2D eigenvalue weighted by Gasteiger charge is 2.12. The number of aryl methyl sites for hydroxylation is 2. The first-order valence-corrected chi connectivity index (χ1v) is 8.67. The number of carbonyl (C=O) groups is 1. The molecule has 1 amide bonds. The van der Waals surface area contributed by atoms with Crippen molar-refractivity contribution in [2.24, 2.45) is 5.92 Å². The van der Waals surface area contributed by atoms with Gasteiger partial charge in [0.15, 0.2) is 0 Å². The molecule has 116 valence electrons. The van der Waals surface area contributed by atoms with Crippen molar-refractivity contribution in [3.8, 4) is 0 Å². The fourth-order valence-electron chi connectivity index (χ4n) is 2.79. The second-order valence-electron chi connectivity index (χ2n) is 5.93. The summed E-state index contributed by atoms with van der Waals surface area (Å²) in [6.45, 7) is 5.14. The third-order valence-electron chi connectivity index (χ3n) is 4.14. The normalized spacial score (nSPS) is 18.5. The first kappa shape index (κ1) is 16.5. The SMILES string of the molecule is Cc1cc(CCC(=O)NCCC2CCCNC2)ccc1Br. The lowest BCUT2D eigenvalue weighted by Crippen LogP contribution is -2.33. The van der Waals surface area contributed by atoms with Crippen molar-refractivity contribution in [1.82, 2.24) is 10.6 Å². The van der Waals surface area contributed by atoms with Gasteiger partial charge in [-0.1, -0.05) is 28.1 Å². The van der Waals surface area contributed by atoms with Crippen LogP contribution in [0.25, 0.3) is 0 Å². The maximum Gasteiger partial charge on any atom is 0.220 e. The van der Waals surface area contributed by atoms with Crippen molar-refractivity contribution in [1.29, 1.82) is 0 Å². The predicted molar refractivity (Wildman–Crippen MR) is 90.4 cm³/mol. The average Bonchev–Trinajstić information content (AvgIpc) is 2.49. The Labute approximate surface area is 136 Å². The highest BCUT2D eigenvalue weighted by Crippen LogP contribution is 2.18. The molecule has 2 rings (SSSR count). The molecule has 1 fully saturated rings. The summed E-state index contributed by atoms with van der Waals surface area (Å²) in [7, 11) is 0. The van der Waals surface area contributed by atoms with Crippen LogP contribution in [-0.2, 0) is 11.2 Å². The van der Waals surface area contributed by atoms with Gasteiger partial charge in [-0.05, 0) is 68.8 Å². The molecule has 1 aliphatic heterocycles. The van der Waals surface area contributed by atoms with Gasteiger partial charge in [0.1, 0.15) is 0 Å². The summed E-state index contributed by atoms with van der Waals surface area (Å²) in [5.74, 6) is 0.896. The van der Waals surface area contributed by atoms with Crippen LogP contribution >= 0.6 is 15.9 Å². The number of piperidine rings is 1. The monoisotopic (exact) mass is 352 g/mol. The standard InChI is InChI=1S/C17H25BrN2O/c1-13-11-14(4-6-16(13)18)5-7-17(21)20-10-8-15-3-2-9-19-12-15/h4,6,11,15,19H,2-3,5,7-10,12H2,1H3,(H,20,21). The minimum Gasteiger partial charge on any atom is -0.356 e. The number of nitrogens with one attached hydrogen (secondary N) is 2. The van der Waals surface area contributed by atoms with E-state index in [1.54, 1.807) is 0 Å². The van der Waals surface area contributed by atoms with Gasteiger partial charge in [0.2, 0.25) is 5.91 Å². The van der Waals surface area contributed by atoms with Crippen molar-refractivity contribution in [2.75, 3.05) is 19.6 Å². The Morgan fingerprint density at radius 1 is 1.48 bits per heavy atom. The molecular weight excluding hydrogens is 328 g/mol. The van der Waals surface area contributed by atoms with Crippen molar-refractivity contribution in [3.05, 3.63) is 33.8 Å². The number of hydrogen-bond donors (Lipinski definition) is 2. The van der Waals surface area contributed by atoms with Crippen LogP contribution in [0, 0.1) is 12.8 Å². The Balaban J connectivity index is 1.63. The molecule has 1 unspecified atom stereocenters. The van der Waals surface area contributed by atoms with Gasteiger partial charge in [-0.15, -0.1) is 0 Å². The maximum atomic E-state index is 11.9. The van der Waals surface area contributed by atoms with Crippen LogP contribution in [0.5, 0.6) is 0 Å². The largest absolute Gasteiger partial charge is 0.356 e. The zero-order valence-electron chi connectivity index (χ0n) is 12.8. The first-order valence-electron chi connectivity index (χ1n) is 7.87. The highest BCUT2D eigenvalue weighted by molar-refractivity contribution is 9.10. The summed E-state index contributed by atoms with van der Waals surface area (Å²) in [5, 5.41) is 6.46. The molecule has 1 aromatic carbocycles. The van der Waals surface area contributed by atoms with Gasteiger partial charge >= 0.3 is 0 Å². The van der Waals surface area contributed by atoms with Gasteiger partial charge in [-0.3, -0.25) is 4.79 Å². The van der Waals surface area contributed by atoms with Gasteiger partial charge in [-0.25, -0.2) is 0 Å². The topological polar surface area (TPSA) is 41.1 Å². The quantitative estimate of drug-likeness (QED) is 0.825. The fourth-order valence-corrected chi connectivity index (χ4v) is 3.04. The molecule has 1 aliphatic rings. The molecule has 1 saturated heterocycles. The molecule has 21 heavy (non-hydrogen) atoms. The molecular formula is C17H25BrN2O. The first-order chi connectivity index (χ1) is 10.1. The lowest BCUT2D eigenvalue weighted by molar-refractivity contribution is -0.121. The fraction of sp³-hybridized carbons (Fsp3) is 0.588. The Bertz CT molecular complexity index is 470. The van der Waals surface area contributed by atoms with Crippen LogP contribution in [0.15, 0.2) is 22.7 Å². The molecule has 3 nitrogen and oxygen atoms in total. The predicted octanol–water partition coefficient (Wildman–Crippen LogP) is 3.20. The Hall–Kier alpha value is -0.870. The second kappa shape index (κ2) is 8.54. The lowest BCUT2D eigenvalue weighted by Gasteiger charge is -2.22. The van der Waals surface area contributed by atoms with E-state index in [2.05, 4.69) is 51.7 Å². The van der Waals surface area contributed by atoms with Crippen molar-refractivity contribution in [3.63, 3.8) is 0 Å². The third-order valence-corrected chi connectivity index (χ3v) is 5.03. The van der Waals surface area contributed by atoms with E-state index in [9.17, 15) is 4.79 Å². The molecule has 1 aromatic rings. The summed E-state index contributed by atoms with van der Waals surface area (Å²) in [6.07, 6.45) is 5.04. The zero-order valence-corrected chi connectivity index (χ0v) is 14.3. The third kappa shape index (κ3) is 5.79. The summed E-state index contributed by atoms with van der Waals surface area (Å²) in [6, 6.07) is 6.28. The minimum absolute atomic E-state index is 0.166. The summed E-state index contributed by atoms with van der Waals surface area (Å²) >= 11 is 3.50. The van der Waals surface area contributed by atoms with Gasteiger partial charge in [0, 0.05) is 17.4 Å². The number of amides is 1. The molecule has 0 aromatic heterocycles. The summed E-state index contributed by atoms with van der Waals surface area (Å²) in [5.41, 5.74) is 2.44. The second-order valence-corrected chi connectivity index (χ2v) is 6.79. The maximum absolute atomic E-state index is 11.9. The van der Waals surface area contributed by atoms with E-state index in [0.29, 0.717) is 6.42 Å². The van der Waals surface area contributed by atoms with Crippen LogP contribution in [0.4, 0.5) is 0 Å². The smallest absolute Gasteiger partial charge is 0.220 e. The van der Waals surface area contributed by atoms with E-state index >= 15 is 0 Å². The van der Waals surface area contributed by atoms with Crippen molar-refractivity contribution < 1.29 is 4.79 Å². The van der Waals surface area contributed by atoms with E-state index in [1.165, 1.54) is 24.0 Å². The number of halogens is 1. The Morgan fingerprint density at radius 2 is 2.33 bits per heavy atom. The van der Waals surface area contributed by atoms with Crippen LogP contribution in [0.3, 0.4) is 0 Å². The summed E-state index contributed by atoms with van der Waals surface area (Å²) in [4.78, 5) is 11.9. The van der Waals surface area contributed by atoms with Gasteiger partial charge in [0.05, 0.1) is 0 Å². The molecule has 0 bridgehead atoms. The van der Waals surface area contributed by atoms with Crippen LogP contribution in [-0.4, -0.2) is 25.5 Å². The Kier molecular flexibility index (Phi) is 6.71. The van der Waals surface area contributed by atoms with E-state index in [4.69, 9.17) is 0 Å². The van der Waals surface area contributed by atoms with Crippen molar-refractivity contribution >= 4 is 21.8 Å². The van der Waals surface area contributed by atoms with Gasteiger partial charge in [-0.2, -0.15) is 0 Å². The molecule has 0 saturated carbocycles. The average molecular weight is 353 g/mol. The lowest BCUT2D eigenvalue weighted by atomic mass is 9.96. The molecule has 1 heterocycles. The number of hydrogen-bond acceptors (Lipinski definition) is 2. The van der Waals surface area contributed by atoms with Gasteiger partial charge < -0.3 is 10.6 Å². The van der Waals surface area contributed by atoms with Crippen molar-refractivity contribution in [2.45, 2.75) is 39.0 Å². The highest BCUT2D eigenvalue weighted by atomic mass is 79.9. The molecule has 4 heteroatoms.